The van der Waals surface area contributed by atoms with Crippen LogP contribution in [0.3, 0.4) is 0 Å². The zero-order valence-corrected chi connectivity index (χ0v) is 19.9. The van der Waals surface area contributed by atoms with Crippen molar-refractivity contribution in [2.24, 2.45) is 0 Å². The van der Waals surface area contributed by atoms with Crippen molar-refractivity contribution in [2.75, 3.05) is 18.6 Å². The number of rotatable bonds is 14. The highest BCUT2D eigenvalue weighted by molar-refractivity contribution is 8.00. The van der Waals surface area contributed by atoms with Gasteiger partial charge in [-0.25, -0.2) is 8.78 Å². The zero-order valence-electron chi connectivity index (χ0n) is 19.0. The molecular formula is C23H37F2NO3S. The van der Waals surface area contributed by atoms with E-state index in [1.165, 1.54) is 39.5 Å². The molecule has 0 atom stereocenters. The summed E-state index contributed by atoms with van der Waals surface area (Å²) in [6, 6.07) is 0. The van der Waals surface area contributed by atoms with Crippen LogP contribution in [0.15, 0.2) is 0 Å². The number of unbranched alkanes of at least 4 members (excludes halogenated alkanes) is 7. The molecule has 1 aromatic rings. The maximum atomic E-state index is 14.2. The first-order valence-electron chi connectivity index (χ1n) is 10.7. The van der Waals surface area contributed by atoms with E-state index in [0.29, 0.717) is 12.0 Å². The molecular weight excluding hydrogens is 408 g/mol. The van der Waals surface area contributed by atoms with E-state index in [4.69, 9.17) is 15.2 Å². The molecule has 0 saturated carbocycles. The van der Waals surface area contributed by atoms with E-state index in [1.807, 2.05) is 11.8 Å². The van der Waals surface area contributed by atoms with Crippen molar-refractivity contribution >= 4 is 23.4 Å². The Morgan fingerprint density at radius 3 is 2.03 bits per heavy atom. The number of nitrogens with two attached hydrogens (primary N) is 1. The highest BCUT2D eigenvalue weighted by atomic mass is 32.2. The highest BCUT2D eigenvalue weighted by Gasteiger charge is 2.22. The van der Waals surface area contributed by atoms with E-state index in [1.54, 1.807) is 7.11 Å². The molecule has 0 aliphatic rings. The molecule has 0 aliphatic carbocycles. The van der Waals surface area contributed by atoms with Crippen LogP contribution in [0.1, 0.15) is 82.8 Å². The number of benzene rings is 1. The van der Waals surface area contributed by atoms with Crippen LogP contribution in [0, 0.1) is 25.5 Å². The SMILES string of the molecule is COC(C)(C)SCCCCCCCCCCC(=O)Oc1c(F)c(C)c(C)c(N)c1F. The minimum atomic E-state index is -1.01. The number of hydrogen-bond donors (Lipinski definition) is 1. The zero-order chi connectivity index (χ0) is 22.7. The number of anilines is 1. The van der Waals surface area contributed by atoms with Gasteiger partial charge in [-0.3, -0.25) is 4.79 Å². The second-order valence-electron chi connectivity index (χ2n) is 8.13. The summed E-state index contributed by atoms with van der Waals surface area (Å²) in [4.78, 5) is 11.8. The molecule has 0 aliphatic heterocycles. The number of esters is 1. The molecule has 7 heteroatoms. The van der Waals surface area contributed by atoms with Gasteiger partial charge in [0.15, 0.2) is 11.6 Å². The smallest absolute Gasteiger partial charge is 0.311 e. The first kappa shape index (κ1) is 26.7. The van der Waals surface area contributed by atoms with E-state index >= 15 is 0 Å². The van der Waals surface area contributed by atoms with Gasteiger partial charge in [-0.05, 0) is 57.4 Å². The number of carbonyl (C=O) groups excluding carboxylic acids is 1. The predicted molar refractivity (Wildman–Crippen MR) is 121 cm³/mol. The number of nitrogen functional groups attached to an aromatic ring is 1. The van der Waals surface area contributed by atoms with Gasteiger partial charge in [0.2, 0.25) is 5.75 Å². The van der Waals surface area contributed by atoms with Crippen LogP contribution in [0.2, 0.25) is 0 Å². The van der Waals surface area contributed by atoms with Crippen molar-refractivity contribution < 1.29 is 23.0 Å². The number of halogens is 2. The second kappa shape index (κ2) is 13.2. The van der Waals surface area contributed by atoms with E-state index < -0.39 is 23.4 Å². The van der Waals surface area contributed by atoms with Crippen molar-refractivity contribution in [3.8, 4) is 5.75 Å². The molecule has 1 rings (SSSR count). The molecule has 0 heterocycles. The fourth-order valence-electron chi connectivity index (χ4n) is 2.98. The normalized spacial score (nSPS) is 11.7. The second-order valence-corrected chi connectivity index (χ2v) is 9.81. The van der Waals surface area contributed by atoms with Gasteiger partial charge in [0.05, 0.1) is 5.69 Å². The number of hydrogen-bond acceptors (Lipinski definition) is 5. The lowest BCUT2D eigenvalue weighted by atomic mass is 10.1. The summed E-state index contributed by atoms with van der Waals surface area (Å²) in [5, 5.41) is 0. The molecule has 0 radical (unpaired) electrons. The molecule has 0 spiro atoms. The molecule has 2 N–H and O–H groups in total. The van der Waals surface area contributed by atoms with E-state index in [-0.39, 0.29) is 22.6 Å². The summed E-state index contributed by atoms with van der Waals surface area (Å²) in [5.41, 5.74) is 5.95. The Morgan fingerprint density at radius 1 is 0.933 bits per heavy atom. The monoisotopic (exact) mass is 445 g/mol. The number of carbonyl (C=O) groups is 1. The minimum absolute atomic E-state index is 0.108. The molecule has 0 saturated heterocycles. The van der Waals surface area contributed by atoms with Crippen LogP contribution in [0.25, 0.3) is 0 Å². The number of methoxy groups -OCH3 is 1. The van der Waals surface area contributed by atoms with Gasteiger partial charge in [0, 0.05) is 13.5 Å². The third-order valence-electron chi connectivity index (χ3n) is 5.36. The molecule has 0 aromatic heterocycles. The van der Waals surface area contributed by atoms with E-state index in [9.17, 15) is 13.6 Å². The summed E-state index contributed by atoms with van der Waals surface area (Å²) in [6.45, 7) is 7.18. The molecule has 0 bridgehead atoms. The molecule has 0 unspecified atom stereocenters. The maximum absolute atomic E-state index is 14.2. The predicted octanol–water partition coefficient (Wildman–Crippen LogP) is 6.70. The van der Waals surface area contributed by atoms with Crippen LogP contribution in [0.5, 0.6) is 5.75 Å². The van der Waals surface area contributed by atoms with Gasteiger partial charge in [-0.15, -0.1) is 11.8 Å². The molecule has 0 fully saturated rings. The topological polar surface area (TPSA) is 61.5 Å². The van der Waals surface area contributed by atoms with E-state index in [2.05, 4.69) is 13.8 Å². The largest absolute Gasteiger partial charge is 0.420 e. The Morgan fingerprint density at radius 2 is 1.47 bits per heavy atom. The van der Waals surface area contributed by atoms with Gasteiger partial charge in [-0.1, -0.05) is 38.5 Å². The van der Waals surface area contributed by atoms with Crippen molar-refractivity contribution in [2.45, 2.75) is 90.4 Å². The van der Waals surface area contributed by atoms with Gasteiger partial charge >= 0.3 is 5.97 Å². The minimum Gasteiger partial charge on any atom is -0.420 e. The van der Waals surface area contributed by atoms with Gasteiger partial charge in [0.25, 0.3) is 0 Å². The van der Waals surface area contributed by atoms with Crippen LogP contribution >= 0.6 is 11.8 Å². The highest BCUT2D eigenvalue weighted by Crippen LogP contribution is 2.33. The molecule has 172 valence electrons. The summed E-state index contributed by atoms with van der Waals surface area (Å²) in [6.07, 6.45) is 8.65. The average molecular weight is 446 g/mol. The van der Waals surface area contributed by atoms with Crippen LogP contribution in [-0.4, -0.2) is 23.8 Å². The van der Waals surface area contributed by atoms with Crippen molar-refractivity contribution in [3.05, 3.63) is 22.8 Å². The molecule has 30 heavy (non-hydrogen) atoms. The van der Waals surface area contributed by atoms with Gasteiger partial charge < -0.3 is 15.2 Å². The average Bonchev–Trinajstić information content (AvgIpc) is 2.72. The summed E-state index contributed by atoms with van der Waals surface area (Å²) in [5.74, 6) is -2.08. The first-order valence-corrected chi connectivity index (χ1v) is 11.7. The van der Waals surface area contributed by atoms with Crippen LogP contribution < -0.4 is 10.5 Å². The fourth-order valence-corrected chi connectivity index (χ4v) is 3.94. The Bertz CT molecular complexity index is 667. The quantitative estimate of drug-likeness (QED) is 0.114. The lowest BCUT2D eigenvalue weighted by molar-refractivity contribution is -0.134. The molecule has 1 aromatic carbocycles. The fraction of sp³-hybridized carbons (Fsp3) is 0.696. The molecule has 4 nitrogen and oxygen atoms in total. The van der Waals surface area contributed by atoms with Crippen molar-refractivity contribution in [3.63, 3.8) is 0 Å². The summed E-state index contributed by atoms with van der Waals surface area (Å²) in [7, 11) is 1.74. The lowest BCUT2D eigenvalue weighted by Crippen LogP contribution is -2.17. The Hall–Kier alpha value is -1.34. The standard InChI is InChI=1S/C23H37F2NO3S/c1-16-17(2)21(26)20(25)22(19(16)24)29-18(27)14-12-10-8-6-7-9-11-13-15-30-23(3,4)28-5/h6-15,26H2,1-5H3. The first-order chi connectivity index (χ1) is 14.1. The molecule has 0 amide bonds. The van der Waals surface area contributed by atoms with Crippen LogP contribution in [0.4, 0.5) is 14.5 Å². The van der Waals surface area contributed by atoms with Gasteiger partial charge in [-0.2, -0.15) is 0 Å². The third kappa shape index (κ3) is 8.80. The Balaban J connectivity index is 2.15. The van der Waals surface area contributed by atoms with E-state index in [0.717, 1.165) is 25.0 Å². The maximum Gasteiger partial charge on any atom is 0.311 e. The van der Waals surface area contributed by atoms with Gasteiger partial charge in [0.1, 0.15) is 4.93 Å². The Labute approximate surface area is 184 Å². The Kier molecular flexibility index (Phi) is 11.7. The lowest BCUT2D eigenvalue weighted by Gasteiger charge is -2.21. The number of thioether (sulfide) groups is 1. The van der Waals surface area contributed by atoms with Crippen LogP contribution in [-0.2, 0) is 9.53 Å². The van der Waals surface area contributed by atoms with Crippen molar-refractivity contribution in [1.29, 1.82) is 0 Å². The summed E-state index contributed by atoms with van der Waals surface area (Å²) >= 11 is 1.84. The van der Waals surface area contributed by atoms with Crippen molar-refractivity contribution in [1.82, 2.24) is 0 Å². The number of ether oxygens (including phenoxy) is 2. The third-order valence-corrected chi connectivity index (χ3v) is 6.72. The summed E-state index contributed by atoms with van der Waals surface area (Å²) < 4.78 is 38.6.